The Hall–Kier alpha value is 0.530. The van der Waals surface area contributed by atoms with Gasteiger partial charge < -0.3 is 7.80 Å². The van der Waals surface area contributed by atoms with Crippen molar-refractivity contribution in [3.8, 4) is 0 Å². The third kappa shape index (κ3) is 8.09. The van der Waals surface area contributed by atoms with Crippen LogP contribution in [0.4, 0.5) is 9.59 Å². The van der Waals surface area contributed by atoms with Crippen molar-refractivity contribution in [2.75, 3.05) is 0 Å². The molecule has 8 heteroatoms. The van der Waals surface area contributed by atoms with E-state index in [1.54, 1.807) is 23.0 Å². The van der Waals surface area contributed by atoms with Crippen LogP contribution >= 0.6 is 45.6 Å². The second-order valence-electron chi connectivity index (χ2n) is 5.71. The summed E-state index contributed by atoms with van der Waals surface area (Å²) in [6.07, 6.45) is 0. The molecule has 114 valence electrons. The maximum absolute atomic E-state index is 11.9. The first-order valence-electron chi connectivity index (χ1n) is 6.84. The van der Waals surface area contributed by atoms with Crippen molar-refractivity contribution >= 4 is 71.9 Å². The highest BCUT2D eigenvalue weighted by molar-refractivity contribution is 14.1. The second kappa shape index (κ2) is 10.3. The number of hydrogen-bond donors (Lipinski definition) is 0. The van der Waals surface area contributed by atoms with E-state index in [0.29, 0.717) is 26.4 Å². The minimum absolute atomic E-state index is 0.119. The first kappa shape index (κ1) is 20.5. The lowest BCUT2D eigenvalue weighted by Crippen LogP contribution is -2.32. The highest BCUT2D eigenvalue weighted by atomic mass is 127. The van der Waals surface area contributed by atoms with Gasteiger partial charge in [0.1, 0.15) is 4.11 Å². The van der Waals surface area contributed by atoms with E-state index in [-0.39, 0.29) is 27.5 Å². The fourth-order valence-electron chi connectivity index (χ4n) is 2.41. The summed E-state index contributed by atoms with van der Waals surface area (Å²) in [5.41, 5.74) is 0. The van der Waals surface area contributed by atoms with Crippen molar-refractivity contribution in [3.63, 3.8) is 0 Å². The van der Waals surface area contributed by atoms with Gasteiger partial charge in [-0.25, -0.2) is 0 Å². The summed E-state index contributed by atoms with van der Waals surface area (Å²) >= 11 is 3.67. The minimum atomic E-state index is -0.231. The van der Waals surface area contributed by atoms with Gasteiger partial charge in [-0.15, -0.1) is 0 Å². The molecule has 0 heterocycles. The molecule has 0 rings (SSSR count). The zero-order chi connectivity index (χ0) is 15.9. The van der Waals surface area contributed by atoms with Gasteiger partial charge in [0, 0.05) is 0 Å². The summed E-state index contributed by atoms with van der Waals surface area (Å²) in [7, 11) is 0.693. The average molecular weight is 506 g/mol. The molecule has 0 bridgehead atoms. The number of halogens is 2. The van der Waals surface area contributed by atoms with E-state index in [2.05, 4.69) is 50.3 Å². The number of rotatable bonds is 8. The molecule has 0 N–H and O–H groups in total. The van der Waals surface area contributed by atoms with E-state index in [0.717, 1.165) is 0 Å². The summed E-state index contributed by atoms with van der Waals surface area (Å²) in [5, 5.41) is 0. The minimum Gasteiger partial charge on any atom is -0.460 e. The van der Waals surface area contributed by atoms with Gasteiger partial charge in [0.05, 0.1) is 0 Å². The van der Waals surface area contributed by atoms with E-state index in [9.17, 15) is 9.59 Å². The summed E-state index contributed by atoms with van der Waals surface area (Å²) < 4.78 is 9.83. The number of carbonyl (C=O) groups excluding carboxylic acids is 2. The molecule has 0 aromatic carbocycles. The molecule has 0 saturated heterocycles. The van der Waals surface area contributed by atoms with Crippen molar-refractivity contribution in [3.05, 3.63) is 0 Å². The summed E-state index contributed by atoms with van der Waals surface area (Å²) in [6.45, 7) is 10.1. The summed E-state index contributed by atoms with van der Waals surface area (Å²) in [4.78, 5) is 23.5. The topological polar surface area (TPSA) is 52.6 Å². The van der Waals surface area contributed by atoms with Gasteiger partial charge in [-0.2, -0.15) is 0 Å². The normalized spacial score (nSPS) is 15.4. The predicted molar refractivity (Wildman–Crippen MR) is 102 cm³/mol. The maximum atomic E-state index is 11.9. The molecular formula is C12H22B2I2O4. The van der Waals surface area contributed by atoms with Crippen molar-refractivity contribution in [1.29, 1.82) is 0 Å². The monoisotopic (exact) mass is 506 g/mol. The van der Waals surface area contributed by atoms with E-state index in [1.165, 1.54) is 0 Å². The fourth-order valence-corrected chi connectivity index (χ4v) is 2.87. The summed E-state index contributed by atoms with van der Waals surface area (Å²) in [5.74, 6) is 0.427. The highest BCUT2D eigenvalue weighted by Crippen LogP contribution is 2.37. The van der Waals surface area contributed by atoms with Crippen LogP contribution in [0.3, 0.4) is 0 Å². The Labute approximate surface area is 150 Å². The molecule has 0 spiro atoms. The van der Waals surface area contributed by atoms with Crippen LogP contribution in [0.1, 0.15) is 34.6 Å². The van der Waals surface area contributed by atoms with Crippen LogP contribution < -0.4 is 0 Å². The molecule has 0 aliphatic carbocycles. The molecule has 0 amide bonds. The molecule has 0 saturated carbocycles. The maximum Gasteiger partial charge on any atom is 0.264 e. The molecule has 4 nitrogen and oxygen atoms in total. The highest BCUT2D eigenvalue weighted by Gasteiger charge is 2.34. The number of carbonyl (C=O) groups is 2. The fraction of sp³-hybridized carbons (Fsp3) is 0.833. The van der Waals surface area contributed by atoms with Gasteiger partial charge in [0.2, 0.25) is 5.87 Å². The van der Waals surface area contributed by atoms with Crippen LogP contribution in [0.2, 0.25) is 11.6 Å². The molecule has 0 aliphatic rings. The Morgan fingerprint density at radius 2 is 1.30 bits per heavy atom. The van der Waals surface area contributed by atoms with Gasteiger partial charge in [0.15, 0.2) is 23.0 Å². The molecule has 20 heavy (non-hydrogen) atoms. The van der Waals surface area contributed by atoms with Crippen molar-refractivity contribution in [1.82, 2.24) is 0 Å². The first-order valence-corrected chi connectivity index (χ1v) is 8.96. The first-order chi connectivity index (χ1) is 9.18. The zero-order valence-corrected chi connectivity index (χ0v) is 17.0. The number of ether oxygens (including phenoxy) is 1. The Balaban J connectivity index is 4.90. The van der Waals surface area contributed by atoms with Crippen LogP contribution in [0, 0.1) is 11.8 Å². The van der Waals surface area contributed by atoms with Gasteiger partial charge in [0.25, 0.3) is 20.4 Å². The van der Waals surface area contributed by atoms with Crippen LogP contribution in [0.25, 0.3) is 0 Å². The van der Waals surface area contributed by atoms with E-state index in [4.69, 9.17) is 7.80 Å². The predicted octanol–water partition coefficient (Wildman–Crippen LogP) is 4.15. The van der Waals surface area contributed by atoms with Crippen LogP contribution in [0.5, 0.6) is 0 Å². The molecule has 3 atom stereocenters. The van der Waals surface area contributed by atoms with Crippen molar-refractivity contribution in [2.45, 2.75) is 50.4 Å². The summed E-state index contributed by atoms with van der Waals surface area (Å²) in [6, 6.07) is 0. The Kier molecular flexibility index (Phi) is 10.6. The van der Waals surface area contributed by atoms with E-state index < -0.39 is 0 Å². The molecule has 0 aromatic rings. The smallest absolute Gasteiger partial charge is 0.264 e. The average Bonchev–Trinajstić information content (AvgIpc) is 2.31. The Morgan fingerprint density at radius 3 is 1.60 bits per heavy atom. The van der Waals surface area contributed by atoms with Crippen molar-refractivity contribution < 1.29 is 17.4 Å². The van der Waals surface area contributed by atoms with Gasteiger partial charge in [-0.05, 0) is 29.5 Å². The standard InChI is InChI=1S/C12H22B2I2O4/c1-6(2)9(13-11(17)19-8(5)15)10(7(3)4)14-12(18)20-16/h6-10,13-14H,1-5H3. The quantitative estimate of drug-likeness (QED) is 0.283. The molecule has 0 fully saturated rings. The second-order valence-corrected chi connectivity index (χ2v) is 7.90. The van der Waals surface area contributed by atoms with E-state index >= 15 is 0 Å². The van der Waals surface area contributed by atoms with E-state index in [1.807, 2.05) is 6.92 Å². The third-order valence-corrected chi connectivity index (χ3v) is 4.19. The van der Waals surface area contributed by atoms with Crippen LogP contribution in [0.15, 0.2) is 0 Å². The molecule has 3 unspecified atom stereocenters. The molecule has 0 aliphatic heterocycles. The molecule has 0 aromatic heterocycles. The van der Waals surface area contributed by atoms with Crippen molar-refractivity contribution in [2.24, 2.45) is 11.8 Å². The lowest BCUT2D eigenvalue weighted by molar-refractivity contribution is 0.172. The molecular weight excluding hydrogens is 484 g/mol. The lowest BCUT2D eigenvalue weighted by atomic mass is 9.42. The number of alkyl halides is 1. The van der Waals surface area contributed by atoms with Gasteiger partial charge in [-0.1, -0.05) is 51.2 Å². The Morgan fingerprint density at radius 1 is 0.900 bits per heavy atom. The molecule has 0 radical (unpaired) electrons. The largest absolute Gasteiger partial charge is 0.460 e. The SMILES string of the molecule is CC(I)OC(=O)BC(C(C)C)C(BC(=O)OI)C(C)C. The number of hydrogen-bond acceptors (Lipinski definition) is 4. The third-order valence-electron chi connectivity index (χ3n) is 3.45. The van der Waals surface area contributed by atoms with Crippen LogP contribution in [-0.4, -0.2) is 30.4 Å². The van der Waals surface area contributed by atoms with Gasteiger partial charge >= 0.3 is 0 Å². The Bertz CT molecular complexity index is 325. The zero-order valence-electron chi connectivity index (χ0n) is 12.7. The lowest BCUT2D eigenvalue weighted by Gasteiger charge is -2.30. The van der Waals surface area contributed by atoms with Crippen LogP contribution in [-0.2, 0) is 7.80 Å². The van der Waals surface area contributed by atoms with Gasteiger partial charge in [-0.3, -0.25) is 9.59 Å².